The van der Waals surface area contributed by atoms with Crippen molar-refractivity contribution in [1.82, 2.24) is 4.90 Å². The van der Waals surface area contributed by atoms with E-state index < -0.39 is 0 Å². The fraction of sp³-hybridized carbons (Fsp3) is 0.385. The van der Waals surface area contributed by atoms with Gasteiger partial charge in [0.05, 0.1) is 13.7 Å². The lowest BCUT2D eigenvalue weighted by Gasteiger charge is -2.18. The average molecular weight is 437 g/mol. The Bertz CT molecular complexity index is 991. The molecule has 2 aromatic carbocycles. The summed E-state index contributed by atoms with van der Waals surface area (Å²) >= 11 is 0. The third-order valence-corrected chi connectivity index (χ3v) is 5.40. The Morgan fingerprint density at radius 1 is 1.12 bits per heavy atom. The third kappa shape index (κ3) is 5.90. The van der Waals surface area contributed by atoms with Crippen molar-refractivity contribution in [3.05, 3.63) is 59.2 Å². The summed E-state index contributed by atoms with van der Waals surface area (Å²) in [4.78, 5) is 27.2. The van der Waals surface area contributed by atoms with E-state index in [9.17, 15) is 9.59 Å². The van der Waals surface area contributed by atoms with Crippen LogP contribution in [0.15, 0.2) is 42.5 Å². The number of hydrogen-bond donors (Lipinski definition) is 1. The zero-order chi connectivity index (χ0) is 23.1. The molecule has 0 bridgehead atoms. The molecule has 3 rings (SSSR count). The van der Waals surface area contributed by atoms with Gasteiger partial charge in [-0.05, 0) is 67.2 Å². The number of amides is 2. The van der Waals surface area contributed by atoms with Gasteiger partial charge in [0.1, 0.15) is 0 Å². The van der Waals surface area contributed by atoms with Crippen molar-refractivity contribution in [2.24, 2.45) is 5.92 Å². The summed E-state index contributed by atoms with van der Waals surface area (Å²) in [5.74, 6) is 1.47. The summed E-state index contributed by atoms with van der Waals surface area (Å²) in [7, 11) is 1.59. The van der Waals surface area contributed by atoms with Crippen LogP contribution in [0, 0.1) is 12.8 Å². The van der Waals surface area contributed by atoms with Gasteiger partial charge >= 0.3 is 0 Å². The molecular formula is C26H32N2O4. The number of hydrogen-bond acceptors (Lipinski definition) is 4. The minimum Gasteiger partial charge on any atom is -0.493 e. The van der Waals surface area contributed by atoms with Crippen LogP contribution >= 0.6 is 0 Å². The second kappa shape index (κ2) is 10.8. The van der Waals surface area contributed by atoms with E-state index in [-0.39, 0.29) is 11.8 Å². The van der Waals surface area contributed by atoms with Gasteiger partial charge < -0.3 is 19.7 Å². The molecule has 1 N–H and O–H groups in total. The molecule has 0 aliphatic carbocycles. The molecule has 0 unspecified atom stereocenters. The minimum absolute atomic E-state index is 0.0264. The lowest BCUT2D eigenvalue weighted by molar-refractivity contribution is -0.111. The van der Waals surface area contributed by atoms with Crippen LogP contribution < -0.4 is 14.8 Å². The van der Waals surface area contributed by atoms with Crippen molar-refractivity contribution in [2.75, 3.05) is 32.1 Å². The molecule has 1 aliphatic heterocycles. The first kappa shape index (κ1) is 23.4. The van der Waals surface area contributed by atoms with Crippen LogP contribution in [-0.2, 0) is 4.79 Å². The van der Waals surface area contributed by atoms with Crippen LogP contribution in [0.2, 0.25) is 0 Å². The van der Waals surface area contributed by atoms with Gasteiger partial charge in [0, 0.05) is 30.4 Å². The molecule has 1 heterocycles. The molecule has 0 saturated carbocycles. The van der Waals surface area contributed by atoms with Crippen molar-refractivity contribution in [2.45, 2.75) is 33.6 Å². The number of ether oxygens (including phenoxy) is 2. The fourth-order valence-corrected chi connectivity index (χ4v) is 3.60. The first-order valence-corrected chi connectivity index (χ1v) is 11.1. The Labute approximate surface area is 190 Å². The zero-order valence-corrected chi connectivity index (χ0v) is 19.3. The lowest BCUT2D eigenvalue weighted by atomic mass is 10.1. The van der Waals surface area contributed by atoms with Gasteiger partial charge in [-0.3, -0.25) is 9.59 Å². The number of carbonyl (C=O) groups is 2. The number of carbonyl (C=O) groups excluding carboxylic acids is 2. The van der Waals surface area contributed by atoms with Gasteiger partial charge in [-0.25, -0.2) is 0 Å². The van der Waals surface area contributed by atoms with Crippen LogP contribution in [-0.4, -0.2) is 43.5 Å². The van der Waals surface area contributed by atoms with Gasteiger partial charge in [0.2, 0.25) is 5.91 Å². The smallest absolute Gasteiger partial charge is 0.254 e. The van der Waals surface area contributed by atoms with Crippen molar-refractivity contribution in [3.8, 4) is 11.5 Å². The van der Waals surface area contributed by atoms with Crippen molar-refractivity contribution < 1.29 is 19.1 Å². The molecule has 32 heavy (non-hydrogen) atoms. The molecule has 0 spiro atoms. The third-order valence-electron chi connectivity index (χ3n) is 5.40. The van der Waals surface area contributed by atoms with E-state index in [2.05, 4.69) is 19.2 Å². The van der Waals surface area contributed by atoms with Crippen molar-refractivity contribution in [3.63, 3.8) is 0 Å². The quantitative estimate of drug-likeness (QED) is 0.596. The number of likely N-dealkylation sites (tertiary alicyclic amines) is 1. The van der Waals surface area contributed by atoms with Gasteiger partial charge in [0.15, 0.2) is 11.5 Å². The maximum absolute atomic E-state index is 12.8. The molecule has 1 aliphatic rings. The zero-order valence-electron chi connectivity index (χ0n) is 19.3. The second-order valence-corrected chi connectivity index (χ2v) is 8.42. The molecule has 0 atom stereocenters. The number of rotatable bonds is 8. The van der Waals surface area contributed by atoms with Gasteiger partial charge in [0.25, 0.3) is 5.91 Å². The number of benzene rings is 2. The van der Waals surface area contributed by atoms with Gasteiger partial charge in [-0.15, -0.1) is 0 Å². The number of nitrogens with one attached hydrogen (secondary N) is 1. The second-order valence-electron chi connectivity index (χ2n) is 8.42. The van der Waals surface area contributed by atoms with E-state index in [0.717, 1.165) is 37.1 Å². The molecule has 1 fully saturated rings. The van der Waals surface area contributed by atoms with E-state index in [1.54, 1.807) is 19.3 Å². The molecule has 2 amide bonds. The molecule has 6 nitrogen and oxygen atoms in total. The van der Waals surface area contributed by atoms with Crippen LogP contribution in [0.1, 0.15) is 48.2 Å². The van der Waals surface area contributed by atoms with Crippen LogP contribution in [0.5, 0.6) is 11.5 Å². The number of anilines is 1. The maximum atomic E-state index is 12.8. The van der Waals surface area contributed by atoms with Gasteiger partial charge in [-0.1, -0.05) is 26.0 Å². The number of nitrogens with zero attached hydrogens (tertiary/aromatic N) is 1. The molecule has 1 saturated heterocycles. The summed E-state index contributed by atoms with van der Waals surface area (Å²) in [5, 5.41) is 2.89. The average Bonchev–Trinajstić information content (AvgIpc) is 3.32. The SMILES string of the molecule is COc1cc(/C=C/C(=O)Nc2cccc(C(=O)N3CCCC3)c2C)ccc1OCC(C)C. The highest BCUT2D eigenvalue weighted by molar-refractivity contribution is 6.04. The summed E-state index contributed by atoms with van der Waals surface area (Å²) in [6, 6.07) is 11.0. The van der Waals surface area contributed by atoms with Crippen LogP contribution in [0.4, 0.5) is 5.69 Å². The molecule has 0 radical (unpaired) electrons. The van der Waals surface area contributed by atoms with Crippen molar-refractivity contribution >= 4 is 23.6 Å². The van der Waals surface area contributed by atoms with Crippen LogP contribution in [0.25, 0.3) is 6.08 Å². The molecular weight excluding hydrogens is 404 g/mol. The Morgan fingerprint density at radius 2 is 1.88 bits per heavy atom. The minimum atomic E-state index is -0.266. The van der Waals surface area contributed by atoms with E-state index in [4.69, 9.17) is 9.47 Å². The highest BCUT2D eigenvalue weighted by atomic mass is 16.5. The fourth-order valence-electron chi connectivity index (χ4n) is 3.60. The predicted octanol–water partition coefficient (Wildman–Crippen LogP) is 4.93. The molecule has 0 aromatic heterocycles. The summed E-state index contributed by atoms with van der Waals surface area (Å²) in [6.45, 7) is 8.23. The molecule has 6 heteroatoms. The Morgan fingerprint density at radius 3 is 2.56 bits per heavy atom. The van der Waals surface area contributed by atoms with E-state index in [1.807, 2.05) is 42.2 Å². The summed E-state index contributed by atoms with van der Waals surface area (Å²) in [6.07, 6.45) is 5.28. The summed E-state index contributed by atoms with van der Waals surface area (Å²) < 4.78 is 11.2. The standard InChI is InChI=1S/C26H32N2O4/c1-18(2)17-32-23-12-10-20(16-24(23)31-4)11-13-25(29)27-22-9-7-8-21(19(22)3)26(30)28-14-5-6-15-28/h7-13,16,18H,5-6,14-15,17H2,1-4H3,(H,27,29)/b13-11+. The first-order chi connectivity index (χ1) is 15.4. The normalized spacial score (nSPS) is 13.6. The van der Waals surface area contributed by atoms with Crippen LogP contribution in [0.3, 0.4) is 0 Å². The van der Waals surface area contributed by atoms with E-state index in [0.29, 0.717) is 35.3 Å². The van der Waals surface area contributed by atoms with Crippen molar-refractivity contribution in [1.29, 1.82) is 0 Å². The predicted molar refractivity (Wildman–Crippen MR) is 127 cm³/mol. The van der Waals surface area contributed by atoms with Gasteiger partial charge in [-0.2, -0.15) is 0 Å². The lowest BCUT2D eigenvalue weighted by Crippen LogP contribution is -2.28. The monoisotopic (exact) mass is 436 g/mol. The molecule has 2 aromatic rings. The summed E-state index contributed by atoms with van der Waals surface area (Å²) in [5.41, 5.74) is 2.87. The highest BCUT2D eigenvalue weighted by Gasteiger charge is 2.21. The molecule has 170 valence electrons. The van der Waals surface area contributed by atoms with E-state index >= 15 is 0 Å². The number of methoxy groups -OCH3 is 1. The Kier molecular flexibility index (Phi) is 7.92. The highest BCUT2D eigenvalue weighted by Crippen LogP contribution is 2.29. The first-order valence-electron chi connectivity index (χ1n) is 11.1. The maximum Gasteiger partial charge on any atom is 0.254 e. The van der Waals surface area contributed by atoms with E-state index in [1.165, 1.54) is 6.08 Å². The topological polar surface area (TPSA) is 67.9 Å². The Hall–Kier alpha value is -3.28. The Balaban J connectivity index is 1.68. The largest absolute Gasteiger partial charge is 0.493 e.